The summed E-state index contributed by atoms with van der Waals surface area (Å²) >= 11 is 0. The van der Waals surface area contributed by atoms with Gasteiger partial charge in [0.25, 0.3) is 0 Å². The highest BCUT2D eigenvalue weighted by atomic mass is 16.5. The normalized spacial score (nSPS) is 19.5. The van der Waals surface area contributed by atoms with Gasteiger partial charge in [0, 0.05) is 5.92 Å². The van der Waals surface area contributed by atoms with Crippen LogP contribution in [0.1, 0.15) is 43.4 Å². The van der Waals surface area contributed by atoms with E-state index in [9.17, 15) is 0 Å². The van der Waals surface area contributed by atoms with Gasteiger partial charge in [0.2, 0.25) is 5.89 Å². The quantitative estimate of drug-likeness (QED) is 0.735. The molecule has 0 aliphatic heterocycles. The third-order valence-corrected chi connectivity index (χ3v) is 2.20. The van der Waals surface area contributed by atoms with Gasteiger partial charge >= 0.3 is 0 Å². The van der Waals surface area contributed by atoms with Crippen molar-refractivity contribution in [2.75, 3.05) is 7.05 Å². The molecule has 1 heterocycles. The lowest BCUT2D eigenvalue weighted by Crippen LogP contribution is -2.12. The van der Waals surface area contributed by atoms with Crippen molar-refractivity contribution in [3.63, 3.8) is 0 Å². The molecule has 0 spiro atoms. The van der Waals surface area contributed by atoms with E-state index in [4.69, 9.17) is 4.52 Å². The summed E-state index contributed by atoms with van der Waals surface area (Å²) in [5.41, 5.74) is 0. The Morgan fingerprint density at radius 3 is 2.92 bits per heavy atom. The first-order chi connectivity index (χ1) is 5.81. The Hall–Kier alpha value is -0.900. The first kappa shape index (κ1) is 7.73. The van der Waals surface area contributed by atoms with Gasteiger partial charge in [0.1, 0.15) is 0 Å². The van der Waals surface area contributed by atoms with Crippen LogP contribution < -0.4 is 5.32 Å². The summed E-state index contributed by atoms with van der Waals surface area (Å²) in [6, 6.07) is 0.157. The summed E-state index contributed by atoms with van der Waals surface area (Å²) in [5.74, 6) is 2.15. The zero-order valence-corrected chi connectivity index (χ0v) is 7.37. The topological polar surface area (TPSA) is 51.0 Å². The highest BCUT2D eigenvalue weighted by molar-refractivity contribution is 5.04. The van der Waals surface area contributed by atoms with Gasteiger partial charge in [0.15, 0.2) is 5.82 Å². The van der Waals surface area contributed by atoms with Crippen molar-refractivity contribution in [3.05, 3.63) is 11.7 Å². The van der Waals surface area contributed by atoms with Gasteiger partial charge in [-0.1, -0.05) is 5.16 Å². The first-order valence-electron chi connectivity index (χ1n) is 4.32. The maximum absolute atomic E-state index is 5.10. The highest BCUT2D eigenvalue weighted by Gasteiger charge is 2.29. The molecule has 0 radical (unpaired) electrons. The van der Waals surface area contributed by atoms with Gasteiger partial charge in [-0.05, 0) is 26.8 Å². The molecule has 0 saturated heterocycles. The number of hydrogen-bond donors (Lipinski definition) is 1. The monoisotopic (exact) mass is 167 g/mol. The Bertz CT molecular complexity index is 267. The van der Waals surface area contributed by atoms with Crippen LogP contribution in [-0.4, -0.2) is 17.2 Å². The molecule has 1 aliphatic carbocycles. The minimum absolute atomic E-state index is 0.157. The molecule has 1 N–H and O–H groups in total. The molecule has 0 unspecified atom stereocenters. The number of rotatable bonds is 3. The lowest BCUT2D eigenvalue weighted by Gasteiger charge is -2.01. The van der Waals surface area contributed by atoms with Crippen molar-refractivity contribution in [1.29, 1.82) is 0 Å². The average Bonchev–Trinajstić information content (AvgIpc) is 2.83. The third kappa shape index (κ3) is 1.34. The second-order valence-corrected chi connectivity index (χ2v) is 3.28. The molecule has 1 fully saturated rings. The Balaban J connectivity index is 2.12. The van der Waals surface area contributed by atoms with E-state index in [-0.39, 0.29) is 6.04 Å². The molecule has 0 aromatic carbocycles. The minimum atomic E-state index is 0.157. The lowest BCUT2D eigenvalue weighted by atomic mass is 10.3. The Morgan fingerprint density at radius 2 is 2.33 bits per heavy atom. The van der Waals surface area contributed by atoms with Crippen LogP contribution in [0.3, 0.4) is 0 Å². The molecule has 2 rings (SSSR count). The van der Waals surface area contributed by atoms with Crippen molar-refractivity contribution in [3.8, 4) is 0 Å². The number of aromatic nitrogens is 2. The average molecular weight is 167 g/mol. The van der Waals surface area contributed by atoms with Gasteiger partial charge in [-0.25, -0.2) is 0 Å². The molecular weight excluding hydrogens is 154 g/mol. The van der Waals surface area contributed by atoms with Crippen molar-refractivity contribution in [2.24, 2.45) is 0 Å². The molecule has 1 aliphatic rings. The third-order valence-electron chi connectivity index (χ3n) is 2.20. The zero-order chi connectivity index (χ0) is 8.55. The summed E-state index contributed by atoms with van der Waals surface area (Å²) in [7, 11) is 1.88. The fourth-order valence-electron chi connectivity index (χ4n) is 1.05. The van der Waals surface area contributed by atoms with E-state index in [2.05, 4.69) is 15.5 Å². The number of nitrogens with one attached hydrogen (secondary N) is 1. The van der Waals surface area contributed by atoms with Crippen LogP contribution in [0, 0.1) is 0 Å². The van der Waals surface area contributed by atoms with E-state index in [1.807, 2.05) is 14.0 Å². The van der Waals surface area contributed by atoms with Crippen LogP contribution in [0.4, 0.5) is 0 Å². The van der Waals surface area contributed by atoms with Gasteiger partial charge in [-0.15, -0.1) is 0 Å². The van der Waals surface area contributed by atoms with Crippen molar-refractivity contribution >= 4 is 0 Å². The largest absolute Gasteiger partial charge is 0.338 e. The van der Waals surface area contributed by atoms with Gasteiger partial charge in [-0.3, -0.25) is 0 Å². The maximum Gasteiger partial charge on any atom is 0.243 e. The van der Waals surface area contributed by atoms with E-state index in [0.717, 1.165) is 5.82 Å². The Labute approximate surface area is 71.4 Å². The molecule has 0 amide bonds. The van der Waals surface area contributed by atoms with E-state index in [0.29, 0.717) is 11.8 Å². The number of hydrogen-bond acceptors (Lipinski definition) is 4. The van der Waals surface area contributed by atoms with Gasteiger partial charge in [0.05, 0.1) is 6.04 Å². The standard InChI is InChI=1S/C8H13N3O/c1-5(9-2)8-10-7(11-12-8)6-3-4-6/h5-6,9H,3-4H2,1-2H3/t5-/m1/s1. The van der Waals surface area contributed by atoms with Crippen molar-refractivity contribution < 1.29 is 4.52 Å². The van der Waals surface area contributed by atoms with E-state index in [1.54, 1.807) is 0 Å². The van der Waals surface area contributed by atoms with E-state index >= 15 is 0 Å². The van der Waals surface area contributed by atoms with Crippen LogP contribution in [0.5, 0.6) is 0 Å². The Morgan fingerprint density at radius 1 is 1.58 bits per heavy atom. The summed E-state index contributed by atoms with van der Waals surface area (Å²) < 4.78 is 5.10. The predicted octanol–water partition coefficient (Wildman–Crippen LogP) is 1.23. The number of nitrogens with zero attached hydrogens (tertiary/aromatic N) is 2. The molecule has 1 aromatic rings. The lowest BCUT2D eigenvalue weighted by molar-refractivity contribution is 0.343. The minimum Gasteiger partial charge on any atom is -0.338 e. The summed E-state index contributed by atoms with van der Waals surface area (Å²) in [6.45, 7) is 2.00. The summed E-state index contributed by atoms with van der Waals surface area (Å²) in [5, 5.41) is 6.98. The van der Waals surface area contributed by atoms with Crippen LogP contribution in [0.15, 0.2) is 4.52 Å². The molecule has 12 heavy (non-hydrogen) atoms. The van der Waals surface area contributed by atoms with Gasteiger partial charge < -0.3 is 9.84 Å². The maximum atomic E-state index is 5.10. The second-order valence-electron chi connectivity index (χ2n) is 3.28. The smallest absolute Gasteiger partial charge is 0.243 e. The Kier molecular flexibility index (Phi) is 1.84. The fourth-order valence-corrected chi connectivity index (χ4v) is 1.05. The zero-order valence-electron chi connectivity index (χ0n) is 7.37. The van der Waals surface area contributed by atoms with Crippen LogP contribution in [0.2, 0.25) is 0 Å². The van der Waals surface area contributed by atoms with Gasteiger partial charge in [-0.2, -0.15) is 4.98 Å². The molecule has 1 aromatic heterocycles. The molecule has 1 atom stereocenters. The predicted molar refractivity (Wildman–Crippen MR) is 43.7 cm³/mol. The van der Waals surface area contributed by atoms with Crippen molar-refractivity contribution in [2.45, 2.75) is 31.7 Å². The molecular formula is C8H13N3O. The molecule has 4 heteroatoms. The van der Waals surface area contributed by atoms with Crippen LogP contribution in [-0.2, 0) is 0 Å². The fraction of sp³-hybridized carbons (Fsp3) is 0.750. The molecule has 1 saturated carbocycles. The van der Waals surface area contributed by atoms with E-state index < -0.39 is 0 Å². The van der Waals surface area contributed by atoms with Crippen molar-refractivity contribution in [1.82, 2.24) is 15.5 Å². The molecule has 66 valence electrons. The van der Waals surface area contributed by atoms with Crippen LogP contribution >= 0.6 is 0 Å². The van der Waals surface area contributed by atoms with E-state index in [1.165, 1.54) is 12.8 Å². The highest BCUT2D eigenvalue weighted by Crippen LogP contribution is 2.38. The second kappa shape index (κ2) is 2.86. The van der Waals surface area contributed by atoms with Crippen LogP contribution in [0.25, 0.3) is 0 Å². The SMILES string of the molecule is CN[C@H](C)c1nc(C2CC2)no1. The first-order valence-corrected chi connectivity index (χ1v) is 4.32. The molecule has 0 bridgehead atoms. The summed E-state index contributed by atoms with van der Waals surface area (Å²) in [6.07, 6.45) is 2.43. The molecule has 4 nitrogen and oxygen atoms in total. The summed E-state index contributed by atoms with van der Waals surface area (Å²) in [4.78, 5) is 4.30.